The summed E-state index contributed by atoms with van der Waals surface area (Å²) in [6, 6.07) is 8.81. The number of hydrogen-bond donors (Lipinski definition) is 2. The highest BCUT2D eigenvalue weighted by Gasteiger charge is 2.15. The van der Waals surface area contributed by atoms with Crippen molar-refractivity contribution in [3.63, 3.8) is 0 Å². The predicted molar refractivity (Wildman–Crippen MR) is 64.5 cm³/mol. The average molecular weight is 219 g/mol. The van der Waals surface area contributed by atoms with Crippen molar-refractivity contribution < 1.29 is 0 Å². The number of nitrogens with one attached hydrogen (secondary N) is 2. The van der Waals surface area contributed by atoms with Crippen LogP contribution < -0.4 is 10.6 Å². The molecule has 3 nitrogen and oxygen atoms in total. The van der Waals surface area contributed by atoms with Crippen LogP contribution in [-0.2, 0) is 0 Å². The summed E-state index contributed by atoms with van der Waals surface area (Å²) in [7, 11) is 0. The molecule has 1 saturated heterocycles. The fourth-order valence-corrected chi connectivity index (χ4v) is 2.83. The van der Waals surface area contributed by atoms with Gasteiger partial charge in [-0.1, -0.05) is 23.5 Å². The van der Waals surface area contributed by atoms with Gasteiger partial charge in [-0.25, -0.2) is 4.98 Å². The summed E-state index contributed by atoms with van der Waals surface area (Å²) >= 11 is 1.73. The number of fused-ring (bicyclic) bond motifs is 1. The molecule has 1 unspecified atom stereocenters. The molecule has 1 aliphatic heterocycles. The smallest absolute Gasteiger partial charge is 0.184 e. The van der Waals surface area contributed by atoms with Crippen LogP contribution in [0.5, 0.6) is 0 Å². The summed E-state index contributed by atoms with van der Waals surface area (Å²) in [6.45, 7) is 2.17. The largest absolute Gasteiger partial charge is 0.357 e. The molecule has 0 aliphatic carbocycles. The van der Waals surface area contributed by atoms with Gasteiger partial charge in [-0.3, -0.25) is 0 Å². The van der Waals surface area contributed by atoms with Gasteiger partial charge in [0.2, 0.25) is 0 Å². The van der Waals surface area contributed by atoms with Crippen LogP contribution in [0.4, 0.5) is 5.13 Å². The van der Waals surface area contributed by atoms with E-state index < -0.39 is 0 Å². The van der Waals surface area contributed by atoms with Crippen molar-refractivity contribution in [2.24, 2.45) is 0 Å². The Kier molecular flexibility index (Phi) is 2.31. The van der Waals surface area contributed by atoms with Crippen LogP contribution in [0.25, 0.3) is 10.2 Å². The Hall–Kier alpha value is -1.13. The van der Waals surface area contributed by atoms with Crippen molar-refractivity contribution in [1.29, 1.82) is 0 Å². The van der Waals surface area contributed by atoms with E-state index in [1.165, 1.54) is 11.1 Å². The van der Waals surface area contributed by atoms with Crippen molar-refractivity contribution in [2.45, 2.75) is 12.5 Å². The Labute approximate surface area is 92.5 Å². The zero-order chi connectivity index (χ0) is 10.1. The van der Waals surface area contributed by atoms with E-state index in [1.54, 1.807) is 11.3 Å². The number of nitrogens with zero attached hydrogens (tertiary/aromatic N) is 1. The summed E-state index contributed by atoms with van der Waals surface area (Å²) < 4.78 is 1.26. The second-order valence-electron chi connectivity index (χ2n) is 3.82. The van der Waals surface area contributed by atoms with Crippen LogP contribution in [0.2, 0.25) is 0 Å². The van der Waals surface area contributed by atoms with Crippen LogP contribution in [0.15, 0.2) is 24.3 Å². The molecule has 78 valence electrons. The molecule has 1 fully saturated rings. The first-order valence-electron chi connectivity index (χ1n) is 5.25. The standard InChI is InChI=1S/C11H13N3S/c1-2-4-10-9(3-1)14-11(15-10)13-8-5-6-12-7-8/h1-4,8,12H,5-7H2,(H,13,14). The van der Waals surface area contributed by atoms with E-state index in [0.29, 0.717) is 6.04 Å². The summed E-state index contributed by atoms with van der Waals surface area (Å²) in [4.78, 5) is 4.56. The van der Waals surface area contributed by atoms with Gasteiger partial charge >= 0.3 is 0 Å². The number of benzene rings is 1. The topological polar surface area (TPSA) is 37.0 Å². The van der Waals surface area contributed by atoms with Crippen molar-refractivity contribution in [3.8, 4) is 0 Å². The molecule has 2 aromatic rings. The normalized spacial score (nSPS) is 20.9. The third kappa shape index (κ3) is 1.82. The maximum atomic E-state index is 4.56. The van der Waals surface area contributed by atoms with Crippen LogP contribution >= 0.6 is 11.3 Å². The zero-order valence-corrected chi connectivity index (χ0v) is 9.18. The van der Waals surface area contributed by atoms with Crippen LogP contribution in [-0.4, -0.2) is 24.1 Å². The van der Waals surface area contributed by atoms with Gasteiger partial charge in [0, 0.05) is 12.6 Å². The lowest BCUT2D eigenvalue weighted by atomic mass is 10.3. The Morgan fingerprint density at radius 2 is 2.33 bits per heavy atom. The number of aromatic nitrogens is 1. The molecule has 1 aromatic heterocycles. The molecule has 1 atom stereocenters. The number of thiazole rings is 1. The second-order valence-corrected chi connectivity index (χ2v) is 4.85. The molecule has 1 aromatic carbocycles. The molecule has 0 amide bonds. The number of hydrogen-bond acceptors (Lipinski definition) is 4. The molecule has 2 N–H and O–H groups in total. The molecular weight excluding hydrogens is 206 g/mol. The van der Waals surface area contributed by atoms with Crippen LogP contribution in [0.1, 0.15) is 6.42 Å². The average Bonchev–Trinajstić information content (AvgIpc) is 2.86. The molecular formula is C11H13N3S. The highest BCUT2D eigenvalue weighted by Crippen LogP contribution is 2.26. The predicted octanol–water partition coefficient (Wildman–Crippen LogP) is 2.07. The lowest BCUT2D eigenvalue weighted by molar-refractivity contribution is 0.792. The fourth-order valence-electron chi connectivity index (χ4n) is 1.89. The zero-order valence-electron chi connectivity index (χ0n) is 8.36. The van der Waals surface area contributed by atoms with E-state index >= 15 is 0 Å². The first-order chi connectivity index (χ1) is 7.42. The molecule has 0 saturated carbocycles. The van der Waals surface area contributed by atoms with Crippen molar-refractivity contribution in [2.75, 3.05) is 18.4 Å². The molecule has 1 aliphatic rings. The summed E-state index contributed by atoms with van der Waals surface area (Å²) in [6.07, 6.45) is 1.19. The van der Waals surface area contributed by atoms with Crippen molar-refractivity contribution in [1.82, 2.24) is 10.3 Å². The molecule has 0 spiro atoms. The van der Waals surface area contributed by atoms with Gasteiger partial charge < -0.3 is 10.6 Å². The van der Waals surface area contributed by atoms with Gasteiger partial charge in [-0.2, -0.15) is 0 Å². The van der Waals surface area contributed by atoms with Crippen LogP contribution in [0, 0.1) is 0 Å². The fraction of sp³-hybridized carbons (Fsp3) is 0.364. The number of para-hydroxylation sites is 1. The van der Waals surface area contributed by atoms with Gasteiger partial charge in [0.05, 0.1) is 10.2 Å². The Balaban J connectivity index is 1.84. The first-order valence-corrected chi connectivity index (χ1v) is 6.06. The quantitative estimate of drug-likeness (QED) is 0.812. The highest BCUT2D eigenvalue weighted by molar-refractivity contribution is 7.22. The van der Waals surface area contributed by atoms with Gasteiger partial charge in [0.15, 0.2) is 5.13 Å². The van der Waals surface area contributed by atoms with Gasteiger partial charge in [-0.15, -0.1) is 0 Å². The van der Waals surface area contributed by atoms with E-state index in [9.17, 15) is 0 Å². The number of anilines is 1. The van der Waals surface area contributed by atoms with Gasteiger partial charge in [0.1, 0.15) is 0 Å². The Bertz CT molecular complexity index is 427. The van der Waals surface area contributed by atoms with Gasteiger partial charge in [0.25, 0.3) is 0 Å². The number of rotatable bonds is 2. The second kappa shape index (κ2) is 3.79. The monoisotopic (exact) mass is 219 g/mol. The summed E-state index contributed by atoms with van der Waals surface area (Å²) in [5, 5.41) is 7.86. The molecule has 2 heterocycles. The van der Waals surface area contributed by atoms with Crippen LogP contribution in [0.3, 0.4) is 0 Å². The van der Waals surface area contributed by atoms with E-state index in [2.05, 4.69) is 33.8 Å². The minimum Gasteiger partial charge on any atom is -0.357 e. The van der Waals surface area contributed by atoms with Crippen molar-refractivity contribution in [3.05, 3.63) is 24.3 Å². The van der Waals surface area contributed by atoms with E-state index in [1.807, 2.05) is 6.07 Å². The first kappa shape index (κ1) is 9.12. The van der Waals surface area contributed by atoms with E-state index in [-0.39, 0.29) is 0 Å². The van der Waals surface area contributed by atoms with E-state index in [4.69, 9.17) is 0 Å². The minimum atomic E-state index is 0.547. The SMILES string of the molecule is c1ccc2sc(NC3CCNC3)nc2c1. The maximum Gasteiger partial charge on any atom is 0.184 e. The highest BCUT2D eigenvalue weighted by atomic mass is 32.1. The third-order valence-corrected chi connectivity index (χ3v) is 3.65. The molecule has 3 rings (SSSR count). The lowest BCUT2D eigenvalue weighted by Crippen LogP contribution is -2.21. The molecule has 4 heteroatoms. The van der Waals surface area contributed by atoms with E-state index in [0.717, 1.165) is 23.7 Å². The molecule has 0 radical (unpaired) electrons. The summed E-state index contributed by atoms with van der Waals surface area (Å²) in [5.74, 6) is 0. The Morgan fingerprint density at radius 1 is 1.40 bits per heavy atom. The maximum absolute atomic E-state index is 4.56. The minimum absolute atomic E-state index is 0.547. The lowest BCUT2D eigenvalue weighted by Gasteiger charge is -2.08. The third-order valence-electron chi connectivity index (χ3n) is 2.68. The van der Waals surface area contributed by atoms with Gasteiger partial charge in [-0.05, 0) is 25.1 Å². The summed E-state index contributed by atoms with van der Waals surface area (Å²) in [5.41, 5.74) is 1.09. The Morgan fingerprint density at radius 3 is 3.13 bits per heavy atom. The molecule has 15 heavy (non-hydrogen) atoms. The molecule has 0 bridgehead atoms. The van der Waals surface area contributed by atoms with Crippen molar-refractivity contribution >= 4 is 26.7 Å².